The topological polar surface area (TPSA) is 55.6 Å². The van der Waals surface area contributed by atoms with Crippen molar-refractivity contribution in [1.29, 1.82) is 0 Å². The smallest absolute Gasteiger partial charge is 0.0945 e. The van der Waals surface area contributed by atoms with E-state index in [4.69, 9.17) is 0 Å². The Hall–Kier alpha value is -1.75. The molecule has 2 rings (SSSR count). The standard InChI is InChI=1S/C12H17N5/c1(2-7-17-8-6-15-11-17)3-13-9-12-10-14-4-5-16-12/h4-6,8,10-11,13H,1-3,7,9H2. The van der Waals surface area contributed by atoms with Gasteiger partial charge in [0.25, 0.3) is 0 Å². The van der Waals surface area contributed by atoms with Gasteiger partial charge in [-0.3, -0.25) is 9.97 Å². The van der Waals surface area contributed by atoms with E-state index in [-0.39, 0.29) is 0 Å². The van der Waals surface area contributed by atoms with Gasteiger partial charge in [0.1, 0.15) is 0 Å². The monoisotopic (exact) mass is 231 g/mol. The summed E-state index contributed by atoms with van der Waals surface area (Å²) in [4.78, 5) is 12.2. The predicted octanol–water partition coefficient (Wildman–Crippen LogP) is 1.24. The van der Waals surface area contributed by atoms with Crippen LogP contribution in [0.2, 0.25) is 0 Å². The fourth-order valence-corrected chi connectivity index (χ4v) is 1.60. The molecule has 0 radical (unpaired) electrons. The van der Waals surface area contributed by atoms with E-state index in [0.717, 1.165) is 38.2 Å². The van der Waals surface area contributed by atoms with Gasteiger partial charge < -0.3 is 9.88 Å². The highest BCUT2D eigenvalue weighted by molar-refractivity contribution is 4.93. The van der Waals surface area contributed by atoms with Gasteiger partial charge in [-0.25, -0.2) is 4.98 Å². The molecule has 0 atom stereocenters. The minimum absolute atomic E-state index is 0.791. The second kappa shape index (κ2) is 6.75. The molecule has 0 aromatic carbocycles. The number of nitrogens with one attached hydrogen (secondary N) is 1. The summed E-state index contributed by atoms with van der Waals surface area (Å²) in [6.45, 7) is 2.83. The van der Waals surface area contributed by atoms with Gasteiger partial charge in [-0.2, -0.15) is 0 Å². The van der Waals surface area contributed by atoms with Crippen LogP contribution in [0.5, 0.6) is 0 Å². The molecule has 90 valence electrons. The Kier molecular flexibility index (Phi) is 4.66. The van der Waals surface area contributed by atoms with Crippen molar-refractivity contribution in [2.45, 2.75) is 25.9 Å². The lowest BCUT2D eigenvalue weighted by Crippen LogP contribution is -2.16. The summed E-state index contributed by atoms with van der Waals surface area (Å²) in [5.41, 5.74) is 0.988. The summed E-state index contributed by atoms with van der Waals surface area (Å²) in [5.74, 6) is 0. The number of rotatable bonds is 7. The van der Waals surface area contributed by atoms with Crippen LogP contribution in [-0.4, -0.2) is 26.1 Å². The first-order valence-corrected chi connectivity index (χ1v) is 5.86. The highest BCUT2D eigenvalue weighted by atomic mass is 15.0. The van der Waals surface area contributed by atoms with E-state index in [9.17, 15) is 0 Å². The second-order valence-corrected chi connectivity index (χ2v) is 3.88. The maximum atomic E-state index is 4.20. The fraction of sp³-hybridized carbons (Fsp3) is 0.417. The summed E-state index contributed by atoms with van der Waals surface area (Å²) in [5, 5.41) is 3.35. The molecule has 0 amide bonds. The van der Waals surface area contributed by atoms with Crippen molar-refractivity contribution in [3.05, 3.63) is 43.0 Å². The minimum atomic E-state index is 0.791. The van der Waals surface area contributed by atoms with Crippen molar-refractivity contribution in [3.63, 3.8) is 0 Å². The van der Waals surface area contributed by atoms with Crippen LogP contribution in [-0.2, 0) is 13.1 Å². The Morgan fingerprint density at radius 2 is 2.12 bits per heavy atom. The molecular weight excluding hydrogens is 214 g/mol. The molecule has 2 heterocycles. The van der Waals surface area contributed by atoms with Crippen molar-refractivity contribution < 1.29 is 0 Å². The van der Waals surface area contributed by atoms with Crippen LogP contribution >= 0.6 is 0 Å². The molecule has 17 heavy (non-hydrogen) atoms. The molecule has 2 aromatic rings. The lowest BCUT2D eigenvalue weighted by atomic mass is 10.3. The lowest BCUT2D eigenvalue weighted by molar-refractivity contribution is 0.565. The van der Waals surface area contributed by atoms with Gasteiger partial charge in [-0.15, -0.1) is 0 Å². The Bertz CT molecular complexity index is 398. The van der Waals surface area contributed by atoms with E-state index in [0.29, 0.717) is 0 Å². The Morgan fingerprint density at radius 3 is 2.88 bits per heavy atom. The van der Waals surface area contributed by atoms with Crippen molar-refractivity contribution in [2.75, 3.05) is 6.54 Å². The van der Waals surface area contributed by atoms with E-state index in [1.807, 2.05) is 18.7 Å². The molecular formula is C12H17N5. The van der Waals surface area contributed by atoms with Gasteiger partial charge in [-0.1, -0.05) is 0 Å². The predicted molar refractivity (Wildman–Crippen MR) is 65.2 cm³/mol. The zero-order valence-corrected chi connectivity index (χ0v) is 9.79. The normalized spacial score (nSPS) is 10.6. The number of imidazole rings is 1. The summed E-state index contributed by atoms with van der Waals surface area (Å²) in [7, 11) is 0. The van der Waals surface area contributed by atoms with Gasteiger partial charge in [0, 0.05) is 44.1 Å². The van der Waals surface area contributed by atoms with E-state index in [1.54, 1.807) is 18.6 Å². The Morgan fingerprint density at radius 1 is 1.12 bits per heavy atom. The number of aromatic nitrogens is 4. The number of aryl methyl sites for hydroxylation is 1. The number of hydrogen-bond donors (Lipinski definition) is 1. The van der Waals surface area contributed by atoms with E-state index >= 15 is 0 Å². The molecule has 0 bridgehead atoms. The van der Waals surface area contributed by atoms with Crippen LogP contribution in [0.1, 0.15) is 18.5 Å². The number of unbranched alkanes of at least 4 members (excludes halogenated alkanes) is 1. The molecule has 0 unspecified atom stereocenters. The van der Waals surface area contributed by atoms with Crippen molar-refractivity contribution in [3.8, 4) is 0 Å². The van der Waals surface area contributed by atoms with Crippen LogP contribution < -0.4 is 5.32 Å². The third-order valence-electron chi connectivity index (χ3n) is 2.50. The number of hydrogen-bond acceptors (Lipinski definition) is 4. The first-order chi connectivity index (χ1) is 8.45. The molecule has 0 saturated heterocycles. The maximum absolute atomic E-state index is 4.20. The van der Waals surface area contributed by atoms with Crippen LogP contribution in [0.25, 0.3) is 0 Å². The van der Waals surface area contributed by atoms with Gasteiger partial charge in [0.05, 0.1) is 12.0 Å². The molecule has 2 aromatic heterocycles. The van der Waals surface area contributed by atoms with Crippen LogP contribution in [0.3, 0.4) is 0 Å². The van der Waals surface area contributed by atoms with Crippen molar-refractivity contribution in [2.24, 2.45) is 0 Å². The number of nitrogens with zero attached hydrogens (tertiary/aromatic N) is 4. The lowest BCUT2D eigenvalue weighted by Gasteiger charge is -2.04. The first kappa shape index (κ1) is 11.7. The third kappa shape index (κ3) is 4.32. The largest absolute Gasteiger partial charge is 0.337 e. The molecule has 0 spiro atoms. The van der Waals surface area contributed by atoms with E-state index in [1.165, 1.54) is 0 Å². The molecule has 5 heteroatoms. The average molecular weight is 231 g/mol. The minimum Gasteiger partial charge on any atom is -0.337 e. The average Bonchev–Trinajstić information content (AvgIpc) is 2.88. The summed E-state index contributed by atoms with van der Waals surface area (Å²) in [6.07, 6.45) is 13.2. The summed E-state index contributed by atoms with van der Waals surface area (Å²) in [6, 6.07) is 0. The second-order valence-electron chi connectivity index (χ2n) is 3.88. The van der Waals surface area contributed by atoms with Crippen LogP contribution in [0, 0.1) is 0 Å². The maximum Gasteiger partial charge on any atom is 0.0945 e. The molecule has 0 aliphatic heterocycles. The van der Waals surface area contributed by atoms with Gasteiger partial charge in [0.2, 0.25) is 0 Å². The molecule has 5 nitrogen and oxygen atoms in total. The third-order valence-corrected chi connectivity index (χ3v) is 2.50. The van der Waals surface area contributed by atoms with Crippen molar-refractivity contribution in [1.82, 2.24) is 24.8 Å². The summed E-state index contributed by atoms with van der Waals surface area (Å²) < 4.78 is 2.10. The first-order valence-electron chi connectivity index (χ1n) is 5.86. The fourth-order valence-electron chi connectivity index (χ4n) is 1.60. The molecule has 0 aliphatic rings. The van der Waals surface area contributed by atoms with E-state index < -0.39 is 0 Å². The quantitative estimate of drug-likeness (QED) is 0.728. The van der Waals surface area contributed by atoms with Crippen molar-refractivity contribution >= 4 is 0 Å². The molecule has 0 fully saturated rings. The highest BCUT2D eigenvalue weighted by Gasteiger charge is 1.94. The molecule has 0 aliphatic carbocycles. The SMILES string of the molecule is c1cnc(CNCCCCn2ccnc2)cn1. The zero-order valence-electron chi connectivity index (χ0n) is 9.79. The van der Waals surface area contributed by atoms with Gasteiger partial charge >= 0.3 is 0 Å². The van der Waals surface area contributed by atoms with Crippen LogP contribution in [0.15, 0.2) is 37.3 Å². The Labute approximate surface area is 101 Å². The molecule has 1 N–H and O–H groups in total. The van der Waals surface area contributed by atoms with Gasteiger partial charge in [0.15, 0.2) is 0 Å². The molecule has 0 saturated carbocycles. The van der Waals surface area contributed by atoms with Crippen LogP contribution in [0.4, 0.5) is 0 Å². The summed E-state index contributed by atoms with van der Waals surface area (Å²) >= 11 is 0. The highest BCUT2D eigenvalue weighted by Crippen LogP contribution is 1.95. The zero-order chi connectivity index (χ0) is 11.8. The van der Waals surface area contributed by atoms with Gasteiger partial charge in [-0.05, 0) is 19.4 Å². The Balaban J connectivity index is 1.52. The van der Waals surface area contributed by atoms with E-state index in [2.05, 4.69) is 24.8 Å².